The van der Waals surface area contributed by atoms with E-state index < -0.39 is 0 Å². The minimum atomic E-state index is -0.371. The van der Waals surface area contributed by atoms with E-state index in [2.05, 4.69) is 20.2 Å². The zero-order chi connectivity index (χ0) is 16.9. The fourth-order valence-corrected chi connectivity index (χ4v) is 2.33. The van der Waals surface area contributed by atoms with E-state index in [0.717, 1.165) is 5.69 Å². The van der Waals surface area contributed by atoms with Crippen molar-refractivity contribution >= 4 is 17.5 Å². The van der Waals surface area contributed by atoms with Crippen LogP contribution in [0.5, 0.6) is 5.75 Å². The van der Waals surface area contributed by atoms with E-state index in [0.29, 0.717) is 30.4 Å². The van der Waals surface area contributed by atoms with E-state index in [1.807, 2.05) is 17.9 Å². The van der Waals surface area contributed by atoms with Crippen molar-refractivity contribution in [3.8, 4) is 5.75 Å². The number of aromatic nitrogens is 4. The quantitative estimate of drug-likeness (QED) is 0.722. The summed E-state index contributed by atoms with van der Waals surface area (Å²) in [5.74, 6) is 0.770. The van der Waals surface area contributed by atoms with Crippen LogP contribution in [0.3, 0.4) is 0 Å². The van der Waals surface area contributed by atoms with Gasteiger partial charge in [0.25, 0.3) is 0 Å². The molecule has 3 aromatic rings. The third-order valence-electron chi connectivity index (χ3n) is 3.33. The predicted molar refractivity (Wildman–Crippen MR) is 88.4 cm³/mol. The van der Waals surface area contributed by atoms with Crippen LogP contribution in [0.4, 0.5) is 21.8 Å². The van der Waals surface area contributed by atoms with Crippen molar-refractivity contribution in [2.45, 2.75) is 13.5 Å². The number of hydrogen-bond acceptors (Lipinski definition) is 6. The number of ether oxygens (including phenoxy) is 1. The smallest absolute Gasteiger partial charge is 0.221 e. The third-order valence-corrected chi connectivity index (χ3v) is 3.33. The molecule has 0 atom stereocenters. The van der Waals surface area contributed by atoms with Crippen molar-refractivity contribution < 1.29 is 9.13 Å². The van der Waals surface area contributed by atoms with Crippen LogP contribution in [0.1, 0.15) is 12.6 Å². The molecule has 7 nitrogen and oxygen atoms in total. The molecule has 0 bridgehead atoms. The van der Waals surface area contributed by atoms with E-state index >= 15 is 0 Å². The van der Waals surface area contributed by atoms with E-state index in [1.54, 1.807) is 24.5 Å². The molecule has 24 heavy (non-hydrogen) atoms. The molecule has 8 heteroatoms. The zero-order valence-electron chi connectivity index (χ0n) is 13.1. The van der Waals surface area contributed by atoms with Gasteiger partial charge in [0.15, 0.2) is 0 Å². The maximum Gasteiger partial charge on any atom is 0.221 e. The number of nitrogens with zero attached hydrogens (tertiary/aromatic N) is 4. The van der Waals surface area contributed by atoms with Gasteiger partial charge in [0.2, 0.25) is 5.95 Å². The first-order valence-electron chi connectivity index (χ1n) is 7.44. The first-order valence-corrected chi connectivity index (χ1v) is 7.44. The van der Waals surface area contributed by atoms with E-state index in [4.69, 9.17) is 10.5 Å². The standard InChI is InChI=1S/C16H17FN6O/c1-2-24-14-9-11(17)3-4-13(14)23(10-12-5-8-20-22-12)15-6-7-19-16(18)21-15/h3-9H,2,10H2,1H3,(H,20,22)(H2,18,19,21). The summed E-state index contributed by atoms with van der Waals surface area (Å²) in [6, 6.07) is 7.94. The maximum atomic E-state index is 13.6. The Hall–Kier alpha value is -3.16. The lowest BCUT2D eigenvalue weighted by molar-refractivity contribution is 0.339. The molecule has 0 aliphatic heterocycles. The number of rotatable bonds is 6. The van der Waals surface area contributed by atoms with Gasteiger partial charge in [0.1, 0.15) is 17.4 Å². The van der Waals surface area contributed by atoms with Crippen LogP contribution in [-0.2, 0) is 6.54 Å². The minimum Gasteiger partial charge on any atom is -0.492 e. The molecule has 0 aliphatic carbocycles. The van der Waals surface area contributed by atoms with Crippen molar-refractivity contribution in [1.82, 2.24) is 20.2 Å². The second kappa shape index (κ2) is 6.95. The number of halogens is 1. The number of nitrogens with two attached hydrogens (primary N) is 1. The normalized spacial score (nSPS) is 10.6. The molecular weight excluding hydrogens is 311 g/mol. The summed E-state index contributed by atoms with van der Waals surface area (Å²) in [4.78, 5) is 10.0. The first-order chi connectivity index (χ1) is 11.7. The van der Waals surface area contributed by atoms with Gasteiger partial charge in [0.05, 0.1) is 24.5 Å². The molecule has 0 radical (unpaired) electrons. The van der Waals surface area contributed by atoms with Gasteiger partial charge in [-0.15, -0.1) is 0 Å². The summed E-state index contributed by atoms with van der Waals surface area (Å²) in [6.45, 7) is 2.67. The average Bonchev–Trinajstić information content (AvgIpc) is 3.07. The van der Waals surface area contributed by atoms with Crippen LogP contribution in [0.2, 0.25) is 0 Å². The number of nitrogens with one attached hydrogen (secondary N) is 1. The molecule has 0 fully saturated rings. The Kier molecular flexibility index (Phi) is 4.55. The molecule has 0 saturated carbocycles. The summed E-state index contributed by atoms with van der Waals surface area (Å²) in [5, 5.41) is 6.94. The molecule has 0 saturated heterocycles. The maximum absolute atomic E-state index is 13.6. The number of aromatic amines is 1. The first kappa shape index (κ1) is 15.7. The Balaban J connectivity index is 2.07. The highest BCUT2D eigenvalue weighted by molar-refractivity contribution is 5.67. The van der Waals surface area contributed by atoms with Gasteiger partial charge in [-0.25, -0.2) is 9.37 Å². The van der Waals surface area contributed by atoms with Gasteiger partial charge in [-0.05, 0) is 31.2 Å². The Morgan fingerprint density at radius 2 is 2.17 bits per heavy atom. The van der Waals surface area contributed by atoms with Gasteiger partial charge in [-0.3, -0.25) is 5.10 Å². The molecule has 3 N–H and O–H groups in total. The van der Waals surface area contributed by atoms with Crippen molar-refractivity contribution in [1.29, 1.82) is 0 Å². The van der Waals surface area contributed by atoms with Crippen molar-refractivity contribution in [3.63, 3.8) is 0 Å². The van der Waals surface area contributed by atoms with Crippen molar-refractivity contribution in [3.05, 3.63) is 54.2 Å². The summed E-state index contributed by atoms with van der Waals surface area (Å²) in [7, 11) is 0. The highest BCUT2D eigenvalue weighted by Gasteiger charge is 2.18. The van der Waals surface area contributed by atoms with Crippen molar-refractivity contribution in [2.75, 3.05) is 17.2 Å². The molecule has 0 aliphatic rings. The van der Waals surface area contributed by atoms with Gasteiger partial charge < -0.3 is 15.4 Å². The Morgan fingerprint density at radius 3 is 2.88 bits per heavy atom. The summed E-state index contributed by atoms with van der Waals surface area (Å²) < 4.78 is 19.2. The molecular formula is C16H17FN6O. The fourth-order valence-electron chi connectivity index (χ4n) is 2.33. The molecule has 0 unspecified atom stereocenters. The van der Waals surface area contributed by atoms with Gasteiger partial charge >= 0.3 is 0 Å². The monoisotopic (exact) mass is 328 g/mol. The van der Waals surface area contributed by atoms with Crippen LogP contribution in [0, 0.1) is 5.82 Å². The highest BCUT2D eigenvalue weighted by Crippen LogP contribution is 2.34. The zero-order valence-corrected chi connectivity index (χ0v) is 13.1. The Bertz CT molecular complexity index is 808. The summed E-state index contributed by atoms with van der Waals surface area (Å²) >= 11 is 0. The van der Waals surface area contributed by atoms with Crippen LogP contribution in [0.25, 0.3) is 0 Å². The Labute approximate surface area is 138 Å². The molecule has 0 amide bonds. The van der Waals surface area contributed by atoms with E-state index in [-0.39, 0.29) is 11.8 Å². The summed E-state index contributed by atoms with van der Waals surface area (Å²) in [5.41, 5.74) is 7.16. The number of H-pyrrole nitrogens is 1. The average molecular weight is 328 g/mol. The molecule has 0 spiro atoms. The predicted octanol–water partition coefficient (Wildman–Crippen LogP) is 2.66. The lowest BCUT2D eigenvalue weighted by atomic mass is 10.2. The number of benzene rings is 1. The van der Waals surface area contributed by atoms with E-state index in [1.165, 1.54) is 12.1 Å². The van der Waals surface area contributed by atoms with Crippen molar-refractivity contribution in [2.24, 2.45) is 0 Å². The lowest BCUT2D eigenvalue weighted by Gasteiger charge is -2.25. The van der Waals surface area contributed by atoms with Crippen LogP contribution < -0.4 is 15.4 Å². The topological polar surface area (TPSA) is 93.0 Å². The van der Waals surface area contributed by atoms with Crippen LogP contribution in [-0.4, -0.2) is 26.8 Å². The second-order valence-electron chi connectivity index (χ2n) is 4.97. The Morgan fingerprint density at radius 1 is 1.29 bits per heavy atom. The van der Waals surface area contributed by atoms with E-state index in [9.17, 15) is 4.39 Å². The SMILES string of the molecule is CCOc1cc(F)ccc1N(Cc1cc[nH]n1)c1ccnc(N)n1. The van der Waals surface area contributed by atoms with Crippen LogP contribution >= 0.6 is 0 Å². The number of nitrogen functional groups attached to an aromatic ring is 1. The lowest BCUT2D eigenvalue weighted by Crippen LogP contribution is -2.20. The minimum absolute atomic E-state index is 0.152. The van der Waals surface area contributed by atoms with Gasteiger partial charge in [-0.2, -0.15) is 10.1 Å². The molecule has 2 aromatic heterocycles. The van der Waals surface area contributed by atoms with Gasteiger partial charge in [-0.1, -0.05) is 0 Å². The molecule has 124 valence electrons. The molecule has 3 rings (SSSR count). The van der Waals surface area contributed by atoms with Gasteiger partial charge in [0, 0.05) is 18.5 Å². The molecule has 1 aromatic carbocycles. The number of hydrogen-bond donors (Lipinski definition) is 2. The summed E-state index contributed by atoms with van der Waals surface area (Å²) in [6.07, 6.45) is 3.30. The second-order valence-corrected chi connectivity index (χ2v) is 4.97. The van der Waals surface area contributed by atoms with Crippen LogP contribution in [0.15, 0.2) is 42.7 Å². The highest BCUT2D eigenvalue weighted by atomic mass is 19.1. The largest absolute Gasteiger partial charge is 0.492 e. The third kappa shape index (κ3) is 3.43. The fraction of sp³-hybridized carbons (Fsp3) is 0.188. The number of anilines is 3. The molecule has 2 heterocycles.